The van der Waals surface area contributed by atoms with Crippen molar-refractivity contribution in [1.29, 1.82) is 0 Å². The van der Waals surface area contributed by atoms with Crippen molar-refractivity contribution >= 4 is 0 Å². The first-order valence-electron chi connectivity index (χ1n) is 3.99. The van der Waals surface area contributed by atoms with Crippen LogP contribution in [0.3, 0.4) is 0 Å². The van der Waals surface area contributed by atoms with E-state index in [0.29, 0.717) is 6.54 Å². The molecule has 11 heavy (non-hydrogen) atoms. The van der Waals surface area contributed by atoms with Crippen molar-refractivity contribution < 1.29 is 0 Å². The molecule has 0 heterocycles. The molecule has 5 N–H and O–H groups in total. The third kappa shape index (κ3) is 6.25. The standard InChI is InChI=1S/C7H20N4/c1-10-3-4-11(2)6-7(9)5-8/h7,10H,3-6,8-9H2,1-2H3. The van der Waals surface area contributed by atoms with Crippen LogP contribution >= 0.6 is 0 Å². The topological polar surface area (TPSA) is 67.3 Å². The zero-order chi connectivity index (χ0) is 8.69. The Kier molecular flexibility index (Phi) is 6.45. The van der Waals surface area contributed by atoms with Crippen LogP contribution in [0.15, 0.2) is 0 Å². The number of nitrogens with one attached hydrogen (secondary N) is 1. The van der Waals surface area contributed by atoms with Crippen LogP contribution < -0.4 is 16.8 Å². The van der Waals surface area contributed by atoms with Gasteiger partial charge in [-0.15, -0.1) is 0 Å². The average Bonchev–Trinajstić information content (AvgIpc) is 2.00. The highest BCUT2D eigenvalue weighted by atomic mass is 15.1. The molecular weight excluding hydrogens is 140 g/mol. The van der Waals surface area contributed by atoms with E-state index in [1.54, 1.807) is 0 Å². The van der Waals surface area contributed by atoms with Gasteiger partial charge in [0.2, 0.25) is 0 Å². The summed E-state index contributed by atoms with van der Waals surface area (Å²) in [5.41, 5.74) is 11.0. The normalized spacial score (nSPS) is 13.9. The van der Waals surface area contributed by atoms with E-state index >= 15 is 0 Å². The SMILES string of the molecule is CNCCN(C)CC(N)CN. The van der Waals surface area contributed by atoms with Gasteiger partial charge in [-0.2, -0.15) is 0 Å². The molecule has 0 aliphatic heterocycles. The van der Waals surface area contributed by atoms with Gasteiger partial charge in [-0.1, -0.05) is 0 Å². The summed E-state index contributed by atoms with van der Waals surface area (Å²) in [5, 5.41) is 3.08. The van der Waals surface area contributed by atoms with E-state index in [0.717, 1.165) is 19.6 Å². The number of rotatable bonds is 6. The minimum atomic E-state index is 0.108. The smallest absolute Gasteiger partial charge is 0.0292 e. The van der Waals surface area contributed by atoms with Gasteiger partial charge in [0.05, 0.1) is 0 Å². The van der Waals surface area contributed by atoms with Crippen LogP contribution in [0.4, 0.5) is 0 Å². The molecule has 0 aliphatic carbocycles. The van der Waals surface area contributed by atoms with E-state index < -0.39 is 0 Å². The van der Waals surface area contributed by atoms with Crippen LogP contribution in [0.25, 0.3) is 0 Å². The molecule has 0 saturated heterocycles. The molecule has 68 valence electrons. The van der Waals surface area contributed by atoms with Crippen LogP contribution in [-0.2, 0) is 0 Å². The molecule has 0 radical (unpaired) electrons. The highest BCUT2D eigenvalue weighted by Gasteiger charge is 2.02. The molecule has 0 aliphatic rings. The maximum absolute atomic E-state index is 5.66. The molecule has 0 spiro atoms. The molecular formula is C7H20N4. The molecule has 0 aromatic rings. The fourth-order valence-corrected chi connectivity index (χ4v) is 0.869. The Morgan fingerprint density at radius 1 is 1.55 bits per heavy atom. The van der Waals surface area contributed by atoms with Crippen molar-refractivity contribution in [2.75, 3.05) is 40.3 Å². The summed E-state index contributed by atoms with van der Waals surface area (Å²) in [5.74, 6) is 0. The average molecular weight is 160 g/mol. The van der Waals surface area contributed by atoms with Gasteiger partial charge in [-0.05, 0) is 14.1 Å². The van der Waals surface area contributed by atoms with Gasteiger partial charge in [-0.25, -0.2) is 0 Å². The number of hydrogen-bond donors (Lipinski definition) is 3. The molecule has 0 rings (SSSR count). The summed E-state index contributed by atoms with van der Waals surface area (Å²) in [6, 6.07) is 0.108. The van der Waals surface area contributed by atoms with Gasteiger partial charge < -0.3 is 21.7 Å². The molecule has 0 bridgehead atoms. The highest BCUT2D eigenvalue weighted by molar-refractivity contribution is 4.66. The van der Waals surface area contributed by atoms with E-state index in [4.69, 9.17) is 11.5 Å². The molecule has 0 amide bonds. The lowest BCUT2D eigenvalue weighted by molar-refractivity contribution is 0.314. The fourth-order valence-electron chi connectivity index (χ4n) is 0.869. The van der Waals surface area contributed by atoms with Crippen molar-refractivity contribution in [1.82, 2.24) is 10.2 Å². The van der Waals surface area contributed by atoms with Gasteiger partial charge in [0, 0.05) is 32.2 Å². The number of hydrogen-bond acceptors (Lipinski definition) is 4. The quantitative estimate of drug-likeness (QED) is 0.439. The van der Waals surface area contributed by atoms with E-state index in [-0.39, 0.29) is 6.04 Å². The maximum atomic E-state index is 5.66. The van der Waals surface area contributed by atoms with Gasteiger partial charge in [0.15, 0.2) is 0 Å². The first-order valence-corrected chi connectivity index (χ1v) is 3.99. The largest absolute Gasteiger partial charge is 0.329 e. The monoisotopic (exact) mass is 160 g/mol. The van der Waals surface area contributed by atoms with Crippen molar-refractivity contribution in [3.8, 4) is 0 Å². The van der Waals surface area contributed by atoms with Crippen LogP contribution in [0.1, 0.15) is 0 Å². The first-order chi connectivity index (χ1) is 5.20. The Labute approximate surface area is 68.9 Å². The number of nitrogens with zero attached hydrogens (tertiary/aromatic N) is 1. The molecule has 1 unspecified atom stereocenters. The van der Waals surface area contributed by atoms with E-state index in [9.17, 15) is 0 Å². The zero-order valence-electron chi connectivity index (χ0n) is 7.51. The fraction of sp³-hybridized carbons (Fsp3) is 1.00. The van der Waals surface area contributed by atoms with Crippen molar-refractivity contribution in [3.63, 3.8) is 0 Å². The Morgan fingerprint density at radius 2 is 2.18 bits per heavy atom. The third-order valence-corrected chi connectivity index (χ3v) is 1.59. The van der Waals surface area contributed by atoms with Gasteiger partial charge in [0.25, 0.3) is 0 Å². The summed E-state index contributed by atoms with van der Waals surface area (Å²) in [6.07, 6.45) is 0. The van der Waals surface area contributed by atoms with E-state index in [1.165, 1.54) is 0 Å². The first kappa shape index (κ1) is 10.8. The minimum Gasteiger partial charge on any atom is -0.329 e. The third-order valence-electron chi connectivity index (χ3n) is 1.59. The lowest BCUT2D eigenvalue weighted by Gasteiger charge is -2.19. The van der Waals surface area contributed by atoms with E-state index in [1.807, 2.05) is 14.1 Å². The summed E-state index contributed by atoms with van der Waals surface area (Å²) >= 11 is 0. The molecule has 4 heteroatoms. The van der Waals surface area contributed by atoms with E-state index in [2.05, 4.69) is 10.2 Å². The molecule has 4 nitrogen and oxygen atoms in total. The van der Waals surface area contributed by atoms with Crippen LogP contribution in [0.2, 0.25) is 0 Å². The second-order valence-corrected chi connectivity index (χ2v) is 2.86. The number of likely N-dealkylation sites (N-methyl/N-ethyl adjacent to an activating group) is 2. The molecule has 0 aromatic heterocycles. The zero-order valence-corrected chi connectivity index (χ0v) is 7.51. The molecule has 0 aromatic carbocycles. The predicted molar refractivity (Wildman–Crippen MR) is 48.5 cm³/mol. The highest BCUT2D eigenvalue weighted by Crippen LogP contribution is 1.83. The Bertz CT molecular complexity index is 86.5. The van der Waals surface area contributed by atoms with Gasteiger partial charge >= 0.3 is 0 Å². The minimum absolute atomic E-state index is 0.108. The summed E-state index contributed by atoms with van der Waals surface area (Å²) in [7, 11) is 3.99. The van der Waals surface area contributed by atoms with Crippen molar-refractivity contribution in [2.45, 2.75) is 6.04 Å². The van der Waals surface area contributed by atoms with Crippen LogP contribution in [-0.4, -0.2) is 51.2 Å². The maximum Gasteiger partial charge on any atom is 0.0292 e. The molecule has 0 fully saturated rings. The summed E-state index contributed by atoms with van der Waals surface area (Å²) in [6.45, 7) is 3.44. The number of nitrogens with two attached hydrogens (primary N) is 2. The lowest BCUT2D eigenvalue weighted by atomic mass is 10.3. The second kappa shape index (κ2) is 6.54. The van der Waals surface area contributed by atoms with Crippen molar-refractivity contribution in [3.05, 3.63) is 0 Å². The second-order valence-electron chi connectivity index (χ2n) is 2.86. The Morgan fingerprint density at radius 3 is 2.64 bits per heavy atom. The predicted octanol–water partition coefficient (Wildman–Crippen LogP) is -1.58. The van der Waals surface area contributed by atoms with Crippen molar-refractivity contribution in [2.24, 2.45) is 11.5 Å². The summed E-state index contributed by atoms with van der Waals surface area (Å²) in [4.78, 5) is 2.17. The van der Waals surface area contributed by atoms with Crippen LogP contribution in [0, 0.1) is 0 Å². The summed E-state index contributed by atoms with van der Waals surface area (Å²) < 4.78 is 0. The Hall–Kier alpha value is -0.160. The Balaban J connectivity index is 3.27. The lowest BCUT2D eigenvalue weighted by Crippen LogP contribution is -2.42. The molecule has 0 saturated carbocycles. The van der Waals surface area contributed by atoms with Crippen LogP contribution in [0.5, 0.6) is 0 Å². The van der Waals surface area contributed by atoms with Gasteiger partial charge in [0.1, 0.15) is 0 Å². The molecule has 1 atom stereocenters. The van der Waals surface area contributed by atoms with Gasteiger partial charge in [-0.3, -0.25) is 0 Å².